The molecule has 0 heterocycles. The molecule has 1 saturated carbocycles. The summed E-state index contributed by atoms with van der Waals surface area (Å²) in [6.07, 6.45) is 0.870. The number of aryl methyl sites for hydroxylation is 1. The quantitative estimate of drug-likeness (QED) is 0.857. The Bertz CT molecular complexity index is 530. The van der Waals surface area contributed by atoms with Gasteiger partial charge in [0.1, 0.15) is 16.9 Å². The van der Waals surface area contributed by atoms with Gasteiger partial charge in [0.05, 0.1) is 6.07 Å². The summed E-state index contributed by atoms with van der Waals surface area (Å²) in [4.78, 5) is 11.7. The first-order valence-electron chi connectivity index (χ1n) is 5.17. The molecule has 17 heavy (non-hydrogen) atoms. The van der Waals surface area contributed by atoms with E-state index < -0.39 is 28.6 Å². The van der Waals surface area contributed by atoms with E-state index in [4.69, 9.17) is 5.26 Å². The molecule has 0 aromatic heterocycles. The van der Waals surface area contributed by atoms with Gasteiger partial charge in [0.2, 0.25) is 5.91 Å². The summed E-state index contributed by atoms with van der Waals surface area (Å²) >= 11 is 0. The molecule has 0 saturated heterocycles. The summed E-state index contributed by atoms with van der Waals surface area (Å²) in [6.45, 7) is 1.47. The predicted octanol–water partition coefficient (Wildman–Crippen LogP) is 2.52. The molecule has 1 aliphatic rings. The molecule has 3 nitrogen and oxygen atoms in total. The fourth-order valence-corrected chi connectivity index (χ4v) is 1.52. The normalized spacial score (nSPS) is 16.1. The number of carbonyl (C=O) groups excluding carboxylic acids is 1. The minimum absolute atomic E-state index is 0.239. The number of anilines is 1. The van der Waals surface area contributed by atoms with Crippen LogP contribution in [-0.4, -0.2) is 5.91 Å². The van der Waals surface area contributed by atoms with Gasteiger partial charge in [0.25, 0.3) is 0 Å². The lowest BCUT2D eigenvalue weighted by molar-refractivity contribution is -0.119. The van der Waals surface area contributed by atoms with Crippen molar-refractivity contribution in [2.75, 3.05) is 5.32 Å². The van der Waals surface area contributed by atoms with E-state index in [2.05, 4.69) is 5.32 Å². The van der Waals surface area contributed by atoms with Gasteiger partial charge in [-0.05, 0) is 31.4 Å². The number of carbonyl (C=O) groups is 1. The Morgan fingerprint density at radius 1 is 1.47 bits per heavy atom. The molecule has 1 aromatic carbocycles. The standard InChI is InChI=1S/C12H10F2N2O/c1-7-2-3-8(13)10(9(7)14)16-11(17)12(6-15)4-5-12/h2-3H,4-5H2,1H3,(H,16,17). The third kappa shape index (κ3) is 1.86. The number of rotatable bonds is 2. The van der Waals surface area contributed by atoms with Crippen LogP contribution in [0.25, 0.3) is 0 Å². The second-order valence-corrected chi connectivity index (χ2v) is 4.20. The van der Waals surface area contributed by atoms with Gasteiger partial charge in [-0.2, -0.15) is 5.26 Å². The van der Waals surface area contributed by atoms with Crippen LogP contribution in [0.2, 0.25) is 0 Å². The van der Waals surface area contributed by atoms with Gasteiger partial charge in [0.15, 0.2) is 5.82 Å². The number of nitrogens with one attached hydrogen (secondary N) is 1. The zero-order valence-electron chi connectivity index (χ0n) is 9.18. The van der Waals surface area contributed by atoms with Gasteiger partial charge >= 0.3 is 0 Å². The first-order chi connectivity index (χ1) is 8.00. The molecule has 2 rings (SSSR count). The van der Waals surface area contributed by atoms with Crippen molar-refractivity contribution in [1.29, 1.82) is 5.26 Å². The summed E-state index contributed by atoms with van der Waals surface area (Å²) in [6, 6.07) is 4.24. The maximum atomic E-state index is 13.6. The van der Waals surface area contributed by atoms with Crippen LogP contribution in [0.4, 0.5) is 14.5 Å². The third-order valence-corrected chi connectivity index (χ3v) is 2.92. The molecule has 0 unspecified atom stereocenters. The van der Waals surface area contributed by atoms with Crippen LogP contribution in [0.15, 0.2) is 12.1 Å². The number of hydrogen-bond acceptors (Lipinski definition) is 2. The molecule has 5 heteroatoms. The van der Waals surface area contributed by atoms with E-state index in [0.29, 0.717) is 12.8 Å². The fraction of sp³-hybridized carbons (Fsp3) is 0.333. The number of amides is 1. The molecule has 1 aromatic rings. The average Bonchev–Trinajstić information content (AvgIpc) is 3.10. The monoisotopic (exact) mass is 236 g/mol. The first-order valence-corrected chi connectivity index (χ1v) is 5.17. The fourth-order valence-electron chi connectivity index (χ4n) is 1.52. The van der Waals surface area contributed by atoms with Crippen LogP contribution >= 0.6 is 0 Å². The average molecular weight is 236 g/mol. The number of hydrogen-bond donors (Lipinski definition) is 1. The van der Waals surface area contributed by atoms with Crippen molar-refractivity contribution in [2.45, 2.75) is 19.8 Å². The van der Waals surface area contributed by atoms with Crippen molar-refractivity contribution in [2.24, 2.45) is 5.41 Å². The number of nitriles is 1. The Kier molecular flexibility index (Phi) is 2.58. The highest BCUT2D eigenvalue weighted by Crippen LogP contribution is 2.46. The summed E-state index contributed by atoms with van der Waals surface area (Å²) in [7, 11) is 0. The predicted molar refractivity (Wildman–Crippen MR) is 57.0 cm³/mol. The Morgan fingerprint density at radius 3 is 2.65 bits per heavy atom. The number of nitrogens with zero attached hydrogens (tertiary/aromatic N) is 1. The van der Waals surface area contributed by atoms with Crippen LogP contribution in [0, 0.1) is 35.3 Å². The van der Waals surface area contributed by atoms with Crippen LogP contribution in [0.1, 0.15) is 18.4 Å². The largest absolute Gasteiger partial charge is 0.320 e. The van der Waals surface area contributed by atoms with Crippen molar-refractivity contribution >= 4 is 11.6 Å². The maximum Gasteiger partial charge on any atom is 0.245 e. The number of halogens is 2. The molecule has 1 N–H and O–H groups in total. The molecule has 0 spiro atoms. The zero-order valence-corrected chi connectivity index (χ0v) is 9.18. The van der Waals surface area contributed by atoms with Crippen LogP contribution in [0.3, 0.4) is 0 Å². The molecule has 0 aliphatic heterocycles. The topological polar surface area (TPSA) is 52.9 Å². The van der Waals surface area contributed by atoms with E-state index in [-0.39, 0.29) is 5.56 Å². The summed E-state index contributed by atoms with van der Waals surface area (Å²) in [5, 5.41) is 11.0. The van der Waals surface area contributed by atoms with Crippen LogP contribution in [-0.2, 0) is 4.79 Å². The van der Waals surface area contributed by atoms with Crippen molar-refractivity contribution in [1.82, 2.24) is 0 Å². The molecule has 0 radical (unpaired) electrons. The van der Waals surface area contributed by atoms with E-state index in [1.54, 1.807) is 0 Å². The Labute approximate surface area is 97.1 Å². The van der Waals surface area contributed by atoms with Crippen LogP contribution in [0.5, 0.6) is 0 Å². The number of benzene rings is 1. The van der Waals surface area contributed by atoms with Crippen molar-refractivity contribution in [3.8, 4) is 6.07 Å². The molecule has 1 fully saturated rings. The smallest absolute Gasteiger partial charge is 0.245 e. The van der Waals surface area contributed by atoms with Crippen LogP contribution < -0.4 is 5.32 Å². The van der Waals surface area contributed by atoms with Crippen molar-refractivity contribution < 1.29 is 13.6 Å². The van der Waals surface area contributed by atoms with E-state index in [1.807, 2.05) is 6.07 Å². The highest BCUT2D eigenvalue weighted by atomic mass is 19.1. The zero-order chi connectivity index (χ0) is 12.6. The second-order valence-electron chi connectivity index (χ2n) is 4.20. The van der Waals surface area contributed by atoms with Gasteiger partial charge in [-0.25, -0.2) is 8.78 Å². The lowest BCUT2D eigenvalue weighted by Gasteiger charge is -2.11. The summed E-state index contributed by atoms with van der Waals surface area (Å²) in [5.41, 5.74) is -1.33. The molecule has 1 amide bonds. The molecule has 88 valence electrons. The maximum absolute atomic E-state index is 13.6. The van der Waals surface area contributed by atoms with Gasteiger partial charge in [-0.15, -0.1) is 0 Å². The van der Waals surface area contributed by atoms with Gasteiger partial charge < -0.3 is 5.32 Å². The molecule has 0 bridgehead atoms. The Hall–Kier alpha value is -1.96. The van der Waals surface area contributed by atoms with E-state index in [1.165, 1.54) is 13.0 Å². The molecular weight excluding hydrogens is 226 g/mol. The lowest BCUT2D eigenvalue weighted by Crippen LogP contribution is -2.24. The molecule has 0 atom stereocenters. The SMILES string of the molecule is Cc1ccc(F)c(NC(=O)C2(C#N)CC2)c1F. The third-order valence-electron chi connectivity index (χ3n) is 2.92. The van der Waals surface area contributed by atoms with E-state index in [9.17, 15) is 13.6 Å². The van der Waals surface area contributed by atoms with Crippen molar-refractivity contribution in [3.05, 3.63) is 29.3 Å². The molecule has 1 aliphatic carbocycles. The minimum Gasteiger partial charge on any atom is -0.320 e. The van der Waals surface area contributed by atoms with Gasteiger partial charge in [0, 0.05) is 0 Å². The van der Waals surface area contributed by atoms with Gasteiger partial charge in [-0.3, -0.25) is 4.79 Å². The summed E-state index contributed by atoms with van der Waals surface area (Å²) < 4.78 is 27.0. The Morgan fingerprint density at radius 2 is 2.12 bits per heavy atom. The molecular formula is C12H10F2N2O. The lowest BCUT2D eigenvalue weighted by atomic mass is 10.1. The Balaban J connectivity index is 2.29. The minimum atomic E-state index is -1.09. The summed E-state index contributed by atoms with van der Waals surface area (Å²) in [5.74, 6) is -2.27. The first kappa shape index (κ1) is 11.5. The van der Waals surface area contributed by atoms with E-state index >= 15 is 0 Å². The highest BCUT2D eigenvalue weighted by molar-refractivity contribution is 5.99. The van der Waals surface area contributed by atoms with Gasteiger partial charge in [-0.1, -0.05) is 6.07 Å². The van der Waals surface area contributed by atoms with E-state index in [0.717, 1.165) is 6.07 Å². The second kappa shape index (κ2) is 3.81. The van der Waals surface area contributed by atoms with Crippen molar-refractivity contribution in [3.63, 3.8) is 0 Å². The highest BCUT2D eigenvalue weighted by Gasteiger charge is 2.51.